The van der Waals surface area contributed by atoms with Gasteiger partial charge in [0, 0.05) is 66.2 Å². The molecule has 13 heteroatoms. The first-order valence-corrected chi connectivity index (χ1v) is 15.1. The zero-order chi connectivity index (χ0) is 31.9. The number of aromatic nitrogens is 8. The second-order valence-corrected chi connectivity index (χ2v) is 11.1. The normalized spacial score (nSPS) is 15.9. The first-order chi connectivity index (χ1) is 22.5. The van der Waals surface area contributed by atoms with Crippen LogP contribution in [0.5, 0.6) is 6.01 Å². The van der Waals surface area contributed by atoms with Crippen molar-refractivity contribution in [2.24, 2.45) is 0 Å². The first-order valence-electron chi connectivity index (χ1n) is 15.1. The molecule has 1 aliphatic rings. The molecule has 2 N–H and O–H groups in total. The molecule has 0 spiro atoms. The van der Waals surface area contributed by atoms with Gasteiger partial charge in [-0.2, -0.15) is 10.4 Å². The van der Waals surface area contributed by atoms with Crippen molar-refractivity contribution in [1.29, 1.82) is 5.26 Å². The molecule has 0 atom stereocenters. The monoisotopic (exact) mass is 615 g/mol. The van der Waals surface area contributed by atoms with Crippen LogP contribution in [-0.2, 0) is 11.2 Å². The van der Waals surface area contributed by atoms with E-state index in [1.807, 2.05) is 37.3 Å². The fourth-order valence-corrected chi connectivity index (χ4v) is 5.66. The number of rotatable bonds is 10. The van der Waals surface area contributed by atoms with E-state index in [0.717, 1.165) is 53.6 Å². The summed E-state index contributed by atoms with van der Waals surface area (Å²) in [6.45, 7) is 1.86. The summed E-state index contributed by atoms with van der Waals surface area (Å²) >= 11 is 0. The minimum atomic E-state index is -0.0671. The van der Waals surface area contributed by atoms with Gasteiger partial charge in [0.05, 0.1) is 30.3 Å². The highest BCUT2D eigenvalue weighted by molar-refractivity contribution is 5.92. The third kappa shape index (κ3) is 6.81. The van der Waals surface area contributed by atoms with Crippen molar-refractivity contribution in [3.05, 3.63) is 84.3 Å². The third-order valence-electron chi connectivity index (χ3n) is 8.13. The average Bonchev–Trinajstić information content (AvgIpc) is 3.54. The van der Waals surface area contributed by atoms with Gasteiger partial charge in [-0.25, -0.2) is 29.9 Å². The van der Waals surface area contributed by atoms with Gasteiger partial charge in [0.15, 0.2) is 0 Å². The number of nitrogens with zero attached hydrogens (tertiary/aromatic N) is 9. The Balaban J connectivity index is 1.17. The van der Waals surface area contributed by atoms with Gasteiger partial charge >= 0.3 is 6.01 Å². The Labute approximate surface area is 266 Å². The lowest BCUT2D eigenvalue weighted by atomic mass is 9.90. The standard InChI is InChI=1S/C33H33N11O2/c1-21-28(20-40-43-21)30-23(14-34)15-35-31(42-30)41-26-9-11-27(12-10-26)44(29(45)13-8-22-6-4-3-5-7-22)32-36-16-24(17-37-32)25-18-38-33(46-2)39-19-25/h3-7,15-20,26-27H,8-13H2,1-2H3,(H,40,43)(H,35,41,42)/t26-,27-. The number of carbonyl (C=O) groups excluding carboxylic acids is 1. The van der Waals surface area contributed by atoms with E-state index in [1.54, 1.807) is 35.9 Å². The number of nitriles is 1. The number of nitrogens with one attached hydrogen (secondary N) is 2. The highest BCUT2D eigenvalue weighted by Crippen LogP contribution is 2.30. The van der Waals surface area contributed by atoms with Crippen LogP contribution in [-0.4, -0.2) is 65.2 Å². The van der Waals surface area contributed by atoms with Crippen LogP contribution in [0.2, 0.25) is 0 Å². The number of carbonyl (C=O) groups is 1. The molecule has 0 saturated heterocycles. The van der Waals surface area contributed by atoms with Crippen molar-refractivity contribution in [3.8, 4) is 34.5 Å². The van der Waals surface area contributed by atoms with E-state index in [9.17, 15) is 10.1 Å². The lowest BCUT2D eigenvalue weighted by Crippen LogP contribution is -2.45. The van der Waals surface area contributed by atoms with E-state index < -0.39 is 0 Å². The lowest BCUT2D eigenvalue weighted by Gasteiger charge is -2.36. The predicted molar refractivity (Wildman–Crippen MR) is 171 cm³/mol. The zero-order valence-electron chi connectivity index (χ0n) is 25.6. The molecule has 0 unspecified atom stereocenters. The second kappa shape index (κ2) is 13.9. The summed E-state index contributed by atoms with van der Waals surface area (Å²) in [5.41, 5.74) is 5.03. The number of methoxy groups -OCH3 is 1. The second-order valence-electron chi connectivity index (χ2n) is 11.1. The maximum absolute atomic E-state index is 13.8. The van der Waals surface area contributed by atoms with E-state index in [2.05, 4.69) is 51.5 Å². The van der Waals surface area contributed by atoms with Gasteiger partial charge in [-0.3, -0.25) is 14.8 Å². The molecule has 1 aromatic carbocycles. The molecule has 6 rings (SSSR count). The van der Waals surface area contributed by atoms with Crippen LogP contribution in [0.15, 0.2) is 67.5 Å². The summed E-state index contributed by atoms with van der Waals surface area (Å²) in [5.74, 6) is 0.815. The van der Waals surface area contributed by atoms with Crippen molar-refractivity contribution in [2.75, 3.05) is 17.3 Å². The Morgan fingerprint density at radius 3 is 2.33 bits per heavy atom. The Hall–Kier alpha value is -5.77. The van der Waals surface area contributed by atoms with Crippen molar-refractivity contribution in [2.45, 2.75) is 57.5 Å². The third-order valence-corrected chi connectivity index (χ3v) is 8.13. The molecule has 5 aromatic rings. The molecular formula is C33H33N11O2. The van der Waals surface area contributed by atoms with Gasteiger partial charge in [-0.05, 0) is 44.6 Å². The molecule has 4 heterocycles. The van der Waals surface area contributed by atoms with Gasteiger partial charge in [-0.15, -0.1) is 0 Å². The smallest absolute Gasteiger partial charge is 0.316 e. The number of anilines is 2. The molecular weight excluding hydrogens is 582 g/mol. The minimum absolute atomic E-state index is 0.0173. The van der Waals surface area contributed by atoms with Gasteiger partial charge in [0.2, 0.25) is 17.8 Å². The van der Waals surface area contributed by atoms with Crippen LogP contribution < -0.4 is 15.0 Å². The largest absolute Gasteiger partial charge is 0.467 e. The van der Waals surface area contributed by atoms with Crippen LogP contribution in [0.3, 0.4) is 0 Å². The summed E-state index contributed by atoms with van der Waals surface area (Å²) in [6.07, 6.45) is 14.0. The quantitative estimate of drug-likeness (QED) is 0.223. The summed E-state index contributed by atoms with van der Waals surface area (Å²) < 4.78 is 5.05. The number of hydrogen-bond acceptors (Lipinski definition) is 11. The summed E-state index contributed by atoms with van der Waals surface area (Å²) in [7, 11) is 1.51. The van der Waals surface area contributed by atoms with Gasteiger partial charge in [0.25, 0.3) is 0 Å². The van der Waals surface area contributed by atoms with E-state index in [-0.39, 0.29) is 24.0 Å². The molecule has 232 valence electrons. The van der Waals surface area contributed by atoms with E-state index in [4.69, 9.17) is 4.74 Å². The van der Waals surface area contributed by atoms with Gasteiger partial charge in [0.1, 0.15) is 6.07 Å². The maximum atomic E-state index is 13.8. The highest BCUT2D eigenvalue weighted by atomic mass is 16.5. The van der Waals surface area contributed by atoms with Gasteiger partial charge < -0.3 is 10.1 Å². The number of ether oxygens (including phenoxy) is 1. The summed E-state index contributed by atoms with van der Waals surface area (Å²) in [5, 5.41) is 20.0. The summed E-state index contributed by atoms with van der Waals surface area (Å²) in [6, 6.07) is 12.5. The Morgan fingerprint density at radius 2 is 1.70 bits per heavy atom. The fourth-order valence-electron chi connectivity index (χ4n) is 5.66. The SMILES string of the molecule is COc1ncc(-c2cnc(N(C(=O)CCc3ccccc3)[C@H]3CC[C@H](Nc4ncc(C#N)c(-c5c[nH]nc5C)n4)CC3)nc2)cn1. The number of H-pyrrole nitrogens is 1. The van der Waals surface area contributed by atoms with Crippen LogP contribution in [0.25, 0.3) is 22.4 Å². The molecule has 0 radical (unpaired) electrons. The van der Waals surface area contributed by atoms with Crippen molar-refractivity contribution in [3.63, 3.8) is 0 Å². The van der Waals surface area contributed by atoms with Crippen LogP contribution in [0.1, 0.15) is 48.9 Å². The molecule has 4 aromatic heterocycles. The predicted octanol–water partition coefficient (Wildman–Crippen LogP) is 4.69. The molecule has 1 saturated carbocycles. The Kier molecular flexibility index (Phi) is 9.14. The van der Waals surface area contributed by atoms with Crippen LogP contribution >= 0.6 is 0 Å². The Bertz CT molecular complexity index is 1810. The molecule has 1 aliphatic carbocycles. The zero-order valence-corrected chi connectivity index (χ0v) is 25.6. The molecule has 1 amide bonds. The first kappa shape index (κ1) is 30.3. The average molecular weight is 616 g/mol. The van der Waals surface area contributed by atoms with Crippen LogP contribution in [0, 0.1) is 18.3 Å². The maximum Gasteiger partial charge on any atom is 0.316 e. The number of benzene rings is 1. The van der Waals surface area contributed by atoms with Crippen molar-refractivity contribution >= 4 is 17.8 Å². The highest BCUT2D eigenvalue weighted by Gasteiger charge is 2.32. The van der Waals surface area contributed by atoms with E-state index in [1.165, 1.54) is 13.3 Å². The summed E-state index contributed by atoms with van der Waals surface area (Å²) in [4.78, 5) is 42.2. The van der Waals surface area contributed by atoms with E-state index >= 15 is 0 Å². The topological polar surface area (TPSA) is 171 Å². The van der Waals surface area contributed by atoms with Crippen LogP contribution in [0.4, 0.5) is 11.9 Å². The number of aryl methyl sites for hydroxylation is 2. The minimum Gasteiger partial charge on any atom is -0.467 e. The molecule has 1 fully saturated rings. The van der Waals surface area contributed by atoms with Crippen molar-refractivity contribution in [1.82, 2.24) is 40.1 Å². The van der Waals surface area contributed by atoms with Gasteiger partial charge in [-0.1, -0.05) is 30.3 Å². The molecule has 46 heavy (non-hydrogen) atoms. The van der Waals surface area contributed by atoms with E-state index in [0.29, 0.717) is 36.0 Å². The van der Waals surface area contributed by atoms with Crippen molar-refractivity contribution < 1.29 is 9.53 Å². The Morgan fingerprint density at radius 1 is 1.00 bits per heavy atom. The number of amides is 1. The fraction of sp³-hybridized carbons (Fsp3) is 0.303. The lowest BCUT2D eigenvalue weighted by molar-refractivity contribution is -0.119. The number of hydrogen-bond donors (Lipinski definition) is 2. The molecule has 0 aliphatic heterocycles. The molecule has 13 nitrogen and oxygen atoms in total. The number of aromatic amines is 1. The molecule has 0 bridgehead atoms.